The van der Waals surface area contributed by atoms with Gasteiger partial charge >= 0.3 is 0 Å². The highest BCUT2D eigenvalue weighted by molar-refractivity contribution is 7.11. The van der Waals surface area contributed by atoms with E-state index in [1.54, 1.807) is 42.6 Å². The number of amides is 1. The van der Waals surface area contributed by atoms with Gasteiger partial charge in [0, 0.05) is 35.4 Å². The summed E-state index contributed by atoms with van der Waals surface area (Å²) in [6.45, 7) is 1.45. The second kappa shape index (κ2) is 8.25. The van der Waals surface area contributed by atoms with Crippen LogP contribution in [0.2, 0.25) is 0 Å². The number of anilines is 2. The van der Waals surface area contributed by atoms with E-state index >= 15 is 0 Å². The van der Waals surface area contributed by atoms with Crippen molar-refractivity contribution in [2.45, 2.75) is 6.92 Å². The summed E-state index contributed by atoms with van der Waals surface area (Å²) in [5, 5.41) is 17.6. The molecule has 7 heteroatoms. The molecule has 5 nitrogen and oxygen atoms in total. The standard InChI is InChI=1S/C20H15FN4OS/c1-13(26)24-18-8-6-17(7-9-18)23-11-15(10-22)20-25-19(12-27-20)14-2-4-16(21)5-3-14/h2-9,11-12,23H,1H3,(H,24,26)/b15-11-. The first kappa shape index (κ1) is 18.3. The maximum absolute atomic E-state index is 13.0. The van der Waals surface area contributed by atoms with Gasteiger partial charge in [-0.3, -0.25) is 4.79 Å². The number of hydrogen-bond acceptors (Lipinski definition) is 5. The lowest BCUT2D eigenvalue weighted by Crippen LogP contribution is -2.05. The van der Waals surface area contributed by atoms with Crippen LogP contribution in [-0.2, 0) is 4.79 Å². The number of carbonyl (C=O) groups is 1. The van der Waals surface area contributed by atoms with Gasteiger partial charge in [0.1, 0.15) is 22.5 Å². The molecule has 1 heterocycles. The zero-order valence-corrected chi connectivity index (χ0v) is 15.2. The molecule has 27 heavy (non-hydrogen) atoms. The summed E-state index contributed by atoms with van der Waals surface area (Å²) in [6.07, 6.45) is 1.58. The minimum atomic E-state index is -0.305. The number of benzene rings is 2. The number of carbonyl (C=O) groups excluding carboxylic acids is 1. The van der Waals surface area contributed by atoms with Crippen molar-refractivity contribution in [1.82, 2.24) is 4.98 Å². The first-order valence-corrected chi connectivity index (χ1v) is 8.89. The monoisotopic (exact) mass is 378 g/mol. The van der Waals surface area contributed by atoms with Crippen LogP contribution in [0, 0.1) is 17.1 Å². The summed E-state index contributed by atoms with van der Waals surface area (Å²) >= 11 is 1.34. The first-order valence-electron chi connectivity index (χ1n) is 8.01. The molecule has 3 aromatic rings. The Morgan fingerprint density at radius 3 is 2.44 bits per heavy atom. The molecule has 0 saturated carbocycles. The van der Waals surface area contributed by atoms with E-state index in [2.05, 4.69) is 21.7 Å². The molecule has 134 valence electrons. The van der Waals surface area contributed by atoms with Crippen LogP contribution in [0.15, 0.2) is 60.1 Å². The number of halogens is 1. The minimum absolute atomic E-state index is 0.136. The molecule has 2 N–H and O–H groups in total. The maximum atomic E-state index is 13.0. The third-order valence-electron chi connectivity index (χ3n) is 3.58. The van der Waals surface area contributed by atoms with Crippen LogP contribution in [0.5, 0.6) is 0 Å². The molecule has 0 bridgehead atoms. The van der Waals surface area contributed by atoms with Crippen molar-refractivity contribution in [2.24, 2.45) is 0 Å². The van der Waals surface area contributed by atoms with Crippen molar-refractivity contribution < 1.29 is 9.18 Å². The molecule has 0 aliphatic heterocycles. The largest absolute Gasteiger partial charge is 0.360 e. The Hall–Kier alpha value is -3.50. The third-order valence-corrected chi connectivity index (χ3v) is 4.46. The predicted octanol–water partition coefficient (Wildman–Crippen LogP) is 4.88. The summed E-state index contributed by atoms with van der Waals surface area (Å²) in [4.78, 5) is 15.5. The third kappa shape index (κ3) is 4.77. The molecule has 0 aliphatic carbocycles. The van der Waals surface area contributed by atoms with Gasteiger partial charge in [0.05, 0.1) is 5.69 Å². The number of nitrogens with one attached hydrogen (secondary N) is 2. The molecule has 0 fully saturated rings. The van der Waals surface area contributed by atoms with Crippen LogP contribution in [0.4, 0.5) is 15.8 Å². The van der Waals surface area contributed by atoms with Crippen LogP contribution in [-0.4, -0.2) is 10.9 Å². The van der Waals surface area contributed by atoms with Crippen molar-refractivity contribution >= 4 is 34.2 Å². The molecule has 1 amide bonds. The molecule has 0 unspecified atom stereocenters. The molecular weight excluding hydrogens is 363 g/mol. The summed E-state index contributed by atoms with van der Waals surface area (Å²) in [6, 6.07) is 15.3. The lowest BCUT2D eigenvalue weighted by molar-refractivity contribution is -0.114. The highest BCUT2D eigenvalue weighted by atomic mass is 32.1. The summed E-state index contributed by atoms with van der Waals surface area (Å²) < 4.78 is 13.0. The smallest absolute Gasteiger partial charge is 0.221 e. The Morgan fingerprint density at radius 2 is 1.81 bits per heavy atom. The van der Waals surface area contributed by atoms with E-state index in [-0.39, 0.29) is 11.7 Å². The summed E-state index contributed by atoms with van der Waals surface area (Å²) in [5.41, 5.74) is 3.33. The zero-order chi connectivity index (χ0) is 19.2. The molecule has 0 saturated heterocycles. The van der Waals surface area contributed by atoms with Gasteiger partial charge < -0.3 is 10.6 Å². The average Bonchev–Trinajstić information content (AvgIpc) is 3.14. The minimum Gasteiger partial charge on any atom is -0.360 e. The van der Waals surface area contributed by atoms with Crippen LogP contribution < -0.4 is 10.6 Å². The van der Waals surface area contributed by atoms with E-state index in [0.717, 1.165) is 11.3 Å². The Morgan fingerprint density at radius 1 is 1.15 bits per heavy atom. The molecular formula is C20H15FN4OS. The second-order valence-electron chi connectivity index (χ2n) is 5.62. The van der Waals surface area contributed by atoms with Crippen molar-refractivity contribution in [1.29, 1.82) is 5.26 Å². The number of allylic oxidation sites excluding steroid dienone is 1. The first-order chi connectivity index (χ1) is 13.0. The van der Waals surface area contributed by atoms with Gasteiger partial charge in [-0.25, -0.2) is 9.37 Å². The molecule has 0 spiro atoms. The number of hydrogen-bond donors (Lipinski definition) is 2. The van der Waals surface area contributed by atoms with E-state index in [1.165, 1.54) is 30.4 Å². The van der Waals surface area contributed by atoms with Gasteiger partial charge in [0.2, 0.25) is 5.91 Å². The zero-order valence-electron chi connectivity index (χ0n) is 14.4. The Balaban J connectivity index is 1.74. The fourth-order valence-electron chi connectivity index (χ4n) is 2.30. The lowest BCUT2D eigenvalue weighted by Gasteiger charge is -2.04. The second-order valence-corrected chi connectivity index (χ2v) is 6.48. The average molecular weight is 378 g/mol. The molecule has 0 radical (unpaired) electrons. The van der Waals surface area contributed by atoms with Gasteiger partial charge in [-0.15, -0.1) is 11.3 Å². The molecule has 2 aromatic carbocycles. The molecule has 3 rings (SSSR count). The number of rotatable bonds is 5. The highest BCUT2D eigenvalue weighted by Crippen LogP contribution is 2.26. The van der Waals surface area contributed by atoms with Crippen LogP contribution in [0.3, 0.4) is 0 Å². The van der Waals surface area contributed by atoms with Crippen LogP contribution >= 0.6 is 11.3 Å². The Labute approximate surface area is 159 Å². The Bertz CT molecular complexity index is 1020. The quantitative estimate of drug-likeness (QED) is 0.620. The SMILES string of the molecule is CC(=O)Nc1ccc(N/C=C(/C#N)c2nc(-c3ccc(F)cc3)cs2)cc1. The fourth-order valence-corrected chi connectivity index (χ4v) is 3.10. The van der Waals surface area contributed by atoms with Gasteiger partial charge in [-0.2, -0.15) is 5.26 Å². The number of nitrogens with zero attached hydrogens (tertiary/aromatic N) is 2. The van der Waals surface area contributed by atoms with Crippen molar-refractivity contribution in [2.75, 3.05) is 10.6 Å². The predicted molar refractivity (Wildman–Crippen MR) is 105 cm³/mol. The van der Waals surface area contributed by atoms with Crippen molar-refractivity contribution in [3.63, 3.8) is 0 Å². The van der Waals surface area contributed by atoms with E-state index in [0.29, 0.717) is 22.0 Å². The van der Waals surface area contributed by atoms with Gasteiger partial charge in [-0.05, 0) is 48.5 Å². The van der Waals surface area contributed by atoms with Gasteiger partial charge in [0.25, 0.3) is 0 Å². The van der Waals surface area contributed by atoms with E-state index < -0.39 is 0 Å². The van der Waals surface area contributed by atoms with Crippen LogP contribution in [0.1, 0.15) is 11.9 Å². The normalized spacial score (nSPS) is 10.9. The van der Waals surface area contributed by atoms with Crippen molar-refractivity contribution in [3.8, 4) is 17.3 Å². The Kier molecular flexibility index (Phi) is 5.59. The molecule has 0 aliphatic rings. The van der Waals surface area contributed by atoms with E-state index in [4.69, 9.17) is 0 Å². The number of nitriles is 1. The summed E-state index contributed by atoms with van der Waals surface area (Å²) in [7, 11) is 0. The molecule has 1 aromatic heterocycles. The molecule has 0 atom stereocenters. The maximum Gasteiger partial charge on any atom is 0.221 e. The van der Waals surface area contributed by atoms with Crippen LogP contribution in [0.25, 0.3) is 16.8 Å². The van der Waals surface area contributed by atoms with Gasteiger partial charge in [-0.1, -0.05) is 0 Å². The van der Waals surface area contributed by atoms with Crippen molar-refractivity contribution in [3.05, 3.63) is 70.9 Å². The van der Waals surface area contributed by atoms with E-state index in [9.17, 15) is 14.4 Å². The fraction of sp³-hybridized carbons (Fsp3) is 0.0500. The summed E-state index contributed by atoms with van der Waals surface area (Å²) in [5.74, 6) is -0.441. The highest BCUT2D eigenvalue weighted by Gasteiger charge is 2.09. The number of thiazole rings is 1. The van der Waals surface area contributed by atoms with Gasteiger partial charge in [0.15, 0.2) is 0 Å². The lowest BCUT2D eigenvalue weighted by atomic mass is 10.2. The topological polar surface area (TPSA) is 77.8 Å². The number of aromatic nitrogens is 1. The van der Waals surface area contributed by atoms with E-state index in [1.807, 2.05) is 5.38 Å².